The summed E-state index contributed by atoms with van der Waals surface area (Å²) in [6.45, 7) is 5.48. The van der Waals surface area contributed by atoms with Crippen molar-refractivity contribution in [3.63, 3.8) is 0 Å². The quantitative estimate of drug-likeness (QED) is 0.769. The summed E-state index contributed by atoms with van der Waals surface area (Å²) in [6.07, 6.45) is 0. The first-order chi connectivity index (χ1) is 11.1. The van der Waals surface area contributed by atoms with E-state index in [0.717, 1.165) is 5.69 Å². The van der Waals surface area contributed by atoms with Crippen LogP contribution in [0.4, 0.5) is 11.5 Å². The second-order valence-corrected chi connectivity index (χ2v) is 5.45. The minimum atomic E-state index is -0.279. The molecular formula is C17H22N4O2. The fraction of sp³-hybridized carbons (Fsp3) is 0.353. The highest BCUT2D eigenvalue weighted by Crippen LogP contribution is 2.17. The predicted molar refractivity (Wildman–Crippen MR) is 90.9 cm³/mol. The van der Waals surface area contributed by atoms with E-state index in [1.165, 1.54) is 5.56 Å². The van der Waals surface area contributed by atoms with Gasteiger partial charge >= 0.3 is 0 Å². The SMILES string of the molecule is COCCNc1ccc(C(=O)Nc2ccc(C(C)C)cc2)nn1. The summed E-state index contributed by atoms with van der Waals surface area (Å²) >= 11 is 0. The van der Waals surface area contributed by atoms with Gasteiger partial charge in [0.05, 0.1) is 6.61 Å². The Kier molecular flexibility index (Phi) is 6.05. The Morgan fingerprint density at radius 1 is 1.13 bits per heavy atom. The van der Waals surface area contributed by atoms with E-state index in [4.69, 9.17) is 4.74 Å². The minimum Gasteiger partial charge on any atom is -0.383 e. The van der Waals surface area contributed by atoms with Gasteiger partial charge in [-0.15, -0.1) is 10.2 Å². The molecule has 0 bridgehead atoms. The summed E-state index contributed by atoms with van der Waals surface area (Å²) in [7, 11) is 1.63. The maximum atomic E-state index is 12.2. The molecule has 122 valence electrons. The fourth-order valence-corrected chi connectivity index (χ4v) is 1.98. The summed E-state index contributed by atoms with van der Waals surface area (Å²) < 4.78 is 4.94. The van der Waals surface area contributed by atoms with Gasteiger partial charge in [-0.05, 0) is 35.7 Å². The molecule has 0 aliphatic carbocycles. The van der Waals surface area contributed by atoms with Crippen LogP contribution in [0.25, 0.3) is 0 Å². The molecule has 0 saturated carbocycles. The highest BCUT2D eigenvalue weighted by Gasteiger charge is 2.09. The molecule has 6 nitrogen and oxygen atoms in total. The second-order valence-electron chi connectivity index (χ2n) is 5.45. The number of benzene rings is 1. The molecule has 23 heavy (non-hydrogen) atoms. The lowest BCUT2D eigenvalue weighted by molar-refractivity contribution is 0.102. The van der Waals surface area contributed by atoms with E-state index < -0.39 is 0 Å². The molecule has 0 atom stereocenters. The van der Waals surface area contributed by atoms with E-state index in [2.05, 4.69) is 34.7 Å². The summed E-state index contributed by atoms with van der Waals surface area (Å²) in [6, 6.07) is 11.2. The van der Waals surface area contributed by atoms with Gasteiger partial charge in [0.2, 0.25) is 0 Å². The average Bonchev–Trinajstić information content (AvgIpc) is 2.56. The maximum absolute atomic E-state index is 12.2. The molecule has 2 N–H and O–H groups in total. The number of amides is 1. The third-order valence-corrected chi connectivity index (χ3v) is 3.34. The molecule has 2 aromatic rings. The van der Waals surface area contributed by atoms with Gasteiger partial charge in [0.25, 0.3) is 5.91 Å². The Morgan fingerprint density at radius 3 is 2.43 bits per heavy atom. The smallest absolute Gasteiger partial charge is 0.276 e. The largest absolute Gasteiger partial charge is 0.383 e. The van der Waals surface area contributed by atoms with Gasteiger partial charge in [-0.2, -0.15) is 0 Å². The molecule has 0 aliphatic heterocycles. The number of nitrogens with one attached hydrogen (secondary N) is 2. The number of carbonyl (C=O) groups is 1. The number of hydrogen-bond donors (Lipinski definition) is 2. The molecule has 1 aromatic carbocycles. The number of rotatable bonds is 7. The molecule has 0 saturated heterocycles. The third-order valence-electron chi connectivity index (χ3n) is 3.34. The predicted octanol–water partition coefficient (Wildman–Crippen LogP) is 2.91. The summed E-state index contributed by atoms with van der Waals surface area (Å²) in [5.41, 5.74) is 2.24. The number of carbonyl (C=O) groups excluding carboxylic acids is 1. The van der Waals surface area contributed by atoms with Crippen LogP contribution in [0.15, 0.2) is 36.4 Å². The number of nitrogens with zero attached hydrogens (tertiary/aromatic N) is 2. The molecule has 6 heteroatoms. The number of methoxy groups -OCH3 is 1. The van der Waals surface area contributed by atoms with Crippen molar-refractivity contribution in [1.82, 2.24) is 10.2 Å². The Morgan fingerprint density at radius 2 is 1.87 bits per heavy atom. The van der Waals surface area contributed by atoms with E-state index >= 15 is 0 Å². The van der Waals surface area contributed by atoms with Crippen molar-refractivity contribution < 1.29 is 9.53 Å². The van der Waals surface area contributed by atoms with Gasteiger partial charge in [-0.25, -0.2) is 0 Å². The monoisotopic (exact) mass is 314 g/mol. The van der Waals surface area contributed by atoms with Crippen LogP contribution in [0.3, 0.4) is 0 Å². The summed E-state index contributed by atoms with van der Waals surface area (Å²) in [5.74, 6) is 0.793. The van der Waals surface area contributed by atoms with Gasteiger partial charge in [-0.1, -0.05) is 26.0 Å². The first-order valence-corrected chi connectivity index (χ1v) is 7.58. The lowest BCUT2D eigenvalue weighted by Crippen LogP contribution is -2.15. The van der Waals surface area contributed by atoms with Crippen molar-refractivity contribution in [1.29, 1.82) is 0 Å². The first kappa shape index (κ1) is 16.9. The third kappa shape index (κ3) is 5.03. The lowest BCUT2D eigenvalue weighted by atomic mass is 10.0. The molecule has 0 aliphatic rings. The topological polar surface area (TPSA) is 76.1 Å². The lowest BCUT2D eigenvalue weighted by Gasteiger charge is -2.08. The Bertz CT molecular complexity index is 624. The van der Waals surface area contributed by atoms with Crippen LogP contribution in [0, 0.1) is 0 Å². The van der Waals surface area contributed by atoms with Crippen LogP contribution in [-0.2, 0) is 4.74 Å². The van der Waals surface area contributed by atoms with E-state index in [1.807, 2.05) is 24.3 Å². The van der Waals surface area contributed by atoms with E-state index in [9.17, 15) is 4.79 Å². The zero-order valence-corrected chi connectivity index (χ0v) is 13.7. The second kappa shape index (κ2) is 8.24. The molecule has 2 rings (SSSR count). The molecule has 1 amide bonds. The molecule has 1 heterocycles. The normalized spacial score (nSPS) is 10.6. The van der Waals surface area contributed by atoms with Crippen LogP contribution in [0.2, 0.25) is 0 Å². The van der Waals surface area contributed by atoms with Crippen molar-refractivity contribution in [2.45, 2.75) is 19.8 Å². The van der Waals surface area contributed by atoms with Gasteiger partial charge in [0.1, 0.15) is 5.82 Å². The first-order valence-electron chi connectivity index (χ1n) is 7.58. The number of aromatic nitrogens is 2. The Hall–Kier alpha value is -2.47. The summed E-state index contributed by atoms with van der Waals surface area (Å²) in [5, 5.41) is 13.8. The molecular weight excluding hydrogens is 292 g/mol. The van der Waals surface area contributed by atoms with Crippen molar-refractivity contribution in [3.05, 3.63) is 47.7 Å². The maximum Gasteiger partial charge on any atom is 0.276 e. The van der Waals surface area contributed by atoms with Gasteiger partial charge in [-0.3, -0.25) is 4.79 Å². The van der Waals surface area contributed by atoms with Crippen LogP contribution in [0.5, 0.6) is 0 Å². The molecule has 0 spiro atoms. The van der Waals surface area contributed by atoms with Crippen molar-refractivity contribution in [2.24, 2.45) is 0 Å². The number of ether oxygens (including phenoxy) is 1. The number of anilines is 2. The average molecular weight is 314 g/mol. The fourth-order valence-electron chi connectivity index (χ4n) is 1.98. The van der Waals surface area contributed by atoms with Crippen LogP contribution < -0.4 is 10.6 Å². The molecule has 0 radical (unpaired) electrons. The highest BCUT2D eigenvalue weighted by atomic mass is 16.5. The van der Waals surface area contributed by atoms with Gasteiger partial charge in [0, 0.05) is 19.3 Å². The molecule has 0 unspecified atom stereocenters. The molecule has 0 fully saturated rings. The van der Waals surface area contributed by atoms with Gasteiger partial charge in [0.15, 0.2) is 5.69 Å². The van der Waals surface area contributed by atoms with Crippen molar-refractivity contribution >= 4 is 17.4 Å². The Balaban J connectivity index is 1.94. The standard InChI is InChI=1S/C17H22N4O2/c1-12(2)13-4-6-14(7-5-13)19-17(22)15-8-9-16(21-20-15)18-10-11-23-3/h4-9,12H,10-11H2,1-3H3,(H,18,21)(H,19,22). The van der Waals surface area contributed by atoms with Crippen LogP contribution in [-0.4, -0.2) is 36.4 Å². The highest BCUT2D eigenvalue weighted by molar-refractivity contribution is 6.02. The zero-order chi connectivity index (χ0) is 16.7. The van der Waals surface area contributed by atoms with Crippen LogP contribution >= 0.6 is 0 Å². The van der Waals surface area contributed by atoms with Crippen LogP contribution in [0.1, 0.15) is 35.8 Å². The molecule has 1 aromatic heterocycles. The van der Waals surface area contributed by atoms with E-state index in [-0.39, 0.29) is 11.6 Å². The number of hydrogen-bond acceptors (Lipinski definition) is 5. The minimum absolute atomic E-state index is 0.273. The van der Waals surface area contributed by atoms with Gasteiger partial charge < -0.3 is 15.4 Å². The Labute approximate surface area is 136 Å². The van der Waals surface area contributed by atoms with Crippen molar-refractivity contribution in [3.8, 4) is 0 Å². The zero-order valence-electron chi connectivity index (χ0n) is 13.7. The summed E-state index contributed by atoms with van der Waals surface area (Å²) in [4.78, 5) is 12.2. The van der Waals surface area contributed by atoms with E-state index in [0.29, 0.717) is 24.9 Å². The van der Waals surface area contributed by atoms with Crippen molar-refractivity contribution in [2.75, 3.05) is 30.9 Å². The van der Waals surface area contributed by atoms with E-state index in [1.54, 1.807) is 19.2 Å².